The predicted octanol–water partition coefficient (Wildman–Crippen LogP) is 3.52. The molecule has 0 aromatic heterocycles. The van der Waals surface area contributed by atoms with Crippen molar-refractivity contribution >= 4 is 11.7 Å². The molecule has 0 unspecified atom stereocenters. The van der Waals surface area contributed by atoms with Gasteiger partial charge < -0.3 is 24.4 Å². The van der Waals surface area contributed by atoms with Gasteiger partial charge in [-0.3, -0.25) is 0 Å². The highest BCUT2D eigenvalue weighted by molar-refractivity contribution is 5.89. The average molecular weight is 348 g/mol. The van der Waals surface area contributed by atoms with E-state index in [0.29, 0.717) is 22.9 Å². The van der Waals surface area contributed by atoms with Crippen molar-refractivity contribution in [3.05, 3.63) is 47.8 Å². The molecule has 0 heterocycles. The highest BCUT2D eigenvalue weighted by Gasteiger charge is 2.18. The molecular weight excluding hydrogens is 327 g/mol. The molecule has 0 atom stereocenters. The Bertz CT molecular complexity index is 735. The van der Waals surface area contributed by atoms with Crippen LogP contribution < -0.4 is 19.5 Å². The summed E-state index contributed by atoms with van der Waals surface area (Å²) in [4.78, 5) is 13.8. The molecule has 0 bridgehead atoms. The van der Waals surface area contributed by atoms with Gasteiger partial charge in [0.05, 0.1) is 27.9 Å². The highest BCUT2D eigenvalue weighted by atomic mass is 19.1. The third kappa shape index (κ3) is 4.32. The fourth-order valence-corrected chi connectivity index (χ4v) is 2.37. The zero-order valence-electron chi connectivity index (χ0n) is 14.6. The van der Waals surface area contributed by atoms with E-state index in [2.05, 4.69) is 5.32 Å². The number of ether oxygens (including phenoxy) is 3. The molecule has 0 aliphatic rings. The van der Waals surface area contributed by atoms with E-state index in [1.165, 1.54) is 43.4 Å². The number of hydrogen-bond donors (Lipinski definition) is 1. The topological polar surface area (TPSA) is 60.0 Å². The molecule has 0 radical (unpaired) electrons. The molecule has 0 spiro atoms. The van der Waals surface area contributed by atoms with E-state index < -0.39 is 0 Å². The van der Waals surface area contributed by atoms with E-state index in [-0.39, 0.29) is 18.4 Å². The van der Waals surface area contributed by atoms with Crippen LogP contribution in [0.4, 0.5) is 14.9 Å². The fraction of sp³-hybridized carbons (Fsp3) is 0.278. The molecule has 6 nitrogen and oxygen atoms in total. The van der Waals surface area contributed by atoms with Gasteiger partial charge in [-0.2, -0.15) is 0 Å². The first-order chi connectivity index (χ1) is 12.0. The van der Waals surface area contributed by atoms with E-state index in [9.17, 15) is 9.18 Å². The molecule has 2 rings (SSSR count). The van der Waals surface area contributed by atoms with Crippen LogP contribution in [-0.2, 0) is 6.54 Å². The summed E-state index contributed by atoms with van der Waals surface area (Å²) in [7, 11) is 6.24. The minimum atomic E-state index is -0.360. The monoisotopic (exact) mass is 348 g/mol. The molecule has 7 heteroatoms. The van der Waals surface area contributed by atoms with Crippen molar-refractivity contribution in [3.63, 3.8) is 0 Å². The summed E-state index contributed by atoms with van der Waals surface area (Å²) in [6, 6.07) is 8.80. The van der Waals surface area contributed by atoms with Crippen LogP contribution in [0.2, 0.25) is 0 Å². The van der Waals surface area contributed by atoms with Gasteiger partial charge in [0.15, 0.2) is 11.5 Å². The average Bonchev–Trinajstić information content (AvgIpc) is 2.62. The van der Waals surface area contributed by atoms with E-state index >= 15 is 0 Å². The summed E-state index contributed by atoms with van der Waals surface area (Å²) in [6.45, 7) is 0.288. The summed E-state index contributed by atoms with van der Waals surface area (Å²) in [6.07, 6.45) is 0. The third-order valence-electron chi connectivity index (χ3n) is 3.64. The normalized spacial score (nSPS) is 10.1. The number of halogens is 1. The molecule has 0 fully saturated rings. The maximum Gasteiger partial charge on any atom is 0.321 e. The lowest BCUT2D eigenvalue weighted by molar-refractivity contribution is 0.220. The molecule has 0 saturated heterocycles. The Balaban J connectivity index is 2.15. The van der Waals surface area contributed by atoms with Gasteiger partial charge in [-0.15, -0.1) is 0 Å². The first-order valence-electron chi connectivity index (χ1n) is 7.55. The molecule has 25 heavy (non-hydrogen) atoms. The maximum atomic E-state index is 12.9. The molecule has 2 amide bonds. The van der Waals surface area contributed by atoms with Gasteiger partial charge in [0, 0.05) is 18.3 Å². The Morgan fingerprint density at radius 2 is 1.64 bits per heavy atom. The van der Waals surface area contributed by atoms with Crippen molar-refractivity contribution in [2.24, 2.45) is 0 Å². The number of hydrogen-bond acceptors (Lipinski definition) is 4. The minimum Gasteiger partial charge on any atom is -0.493 e. The number of anilines is 1. The van der Waals surface area contributed by atoms with Crippen LogP contribution in [0, 0.1) is 5.82 Å². The first-order valence-corrected chi connectivity index (χ1v) is 7.55. The minimum absolute atomic E-state index is 0.288. The largest absolute Gasteiger partial charge is 0.493 e. The molecule has 134 valence electrons. The lowest BCUT2D eigenvalue weighted by Gasteiger charge is -2.21. The van der Waals surface area contributed by atoms with Crippen molar-refractivity contribution < 1.29 is 23.4 Å². The number of amides is 2. The number of carbonyl (C=O) groups excluding carboxylic acids is 1. The van der Waals surface area contributed by atoms with Gasteiger partial charge in [-0.1, -0.05) is 0 Å². The maximum absolute atomic E-state index is 12.9. The van der Waals surface area contributed by atoms with Crippen LogP contribution in [0.5, 0.6) is 17.2 Å². The van der Waals surface area contributed by atoms with E-state index in [1.807, 2.05) is 6.07 Å². The number of urea groups is 1. The Labute approximate surface area is 146 Å². The molecule has 2 aromatic rings. The van der Waals surface area contributed by atoms with Crippen LogP contribution in [-0.4, -0.2) is 39.3 Å². The fourth-order valence-electron chi connectivity index (χ4n) is 2.37. The van der Waals surface area contributed by atoms with Crippen LogP contribution in [0.15, 0.2) is 36.4 Å². The van der Waals surface area contributed by atoms with Gasteiger partial charge in [0.1, 0.15) is 5.82 Å². The van der Waals surface area contributed by atoms with Crippen LogP contribution in [0.3, 0.4) is 0 Å². The van der Waals surface area contributed by atoms with Crippen molar-refractivity contribution in [2.45, 2.75) is 6.54 Å². The van der Waals surface area contributed by atoms with E-state index in [4.69, 9.17) is 14.2 Å². The van der Waals surface area contributed by atoms with Gasteiger partial charge in [-0.05, 0) is 36.4 Å². The standard InChI is InChI=1S/C18H21FN2O4/c1-21(18(22)20-14-8-6-13(19)7-9-14)11-12-5-10-15(23-2)17(25-4)16(12)24-3/h5-10H,11H2,1-4H3,(H,20,22). The molecule has 1 N–H and O–H groups in total. The first kappa shape index (κ1) is 18.4. The number of nitrogens with zero attached hydrogens (tertiary/aromatic N) is 1. The molecule has 0 aliphatic carbocycles. The number of rotatable bonds is 6. The molecule has 0 aliphatic heterocycles. The zero-order valence-corrected chi connectivity index (χ0v) is 14.6. The Morgan fingerprint density at radius 1 is 1.00 bits per heavy atom. The van der Waals surface area contributed by atoms with Gasteiger partial charge in [0.25, 0.3) is 0 Å². The SMILES string of the molecule is COc1ccc(CN(C)C(=O)Nc2ccc(F)cc2)c(OC)c1OC. The lowest BCUT2D eigenvalue weighted by Crippen LogP contribution is -2.31. The predicted molar refractivity (Wildman–Crippen MR) is 93.0 cm³/mol. The van der Waals surface area contributed by atoms with E-state index in [1.54, 1.807) is 20.2 Å². The molecule has 2 aromatic carbocycles. The van der Waals surface area contributed by atoms with Crippen molar-refractivity contribution in [1.82, 2.24) is 4.90 Å². The van der Waals surface area contributed by atoms with Crippen LogP contribution >= 0.6 is 0 Å². The number of benzene rings is 2. The van der Waals surface area contributed by atoms with Gasteiger partial charge >= 0.3 is 6.03 Å². The number of methoxy groups -OCH3 is 3. The lowest BCUT2D eigenvalue weighted by atomic mass is 10.1. The molecular formula is C18H21FN2O4. The van der Waals surface area contributed by atoms with E-state index in [0.717, 1.165) is 5.56 Å². The summed E-state index contributed by atoms with van der Waals surface area (Å²) in [5.41, 5.74) is 1.27. The zero-order chi connectivity index (χ0) is 18.4. The number of carbonyl (C=O) groups is 1. The second-order valence-electron chi connectivity index (χ2n) is 5.29. The second kappa shape index (κ2) is 8.23. The van der Waals surface area contributed by atoms with Gasteiger partial charge in [-0.25, -0.2) is 9.18 Å². The second-order valence-corrected chi connectivity index (χ2v) is 5.29. The van der Waals surface area contributed by atoms with Crippen LogP contribution in [0.25, 0.3) is 0 Å². The van der Waals surface area contributed by atoms with Crippen molar-refractivity contribution in [2.75, 3.05) is 33.7 Å². The summed E-state index contributed by atoms with van der Waals surface area (Å²) < 4.78 is 28.9. The molecule has 0 saturated carbocycles. The van der Waals surface area contributed by atoms with Crippen molar-refractivity contribution in [1.29, 1.82) is 0 Å². The quantitative estimate of drug-likeness (QED) is 0.868. The summed E-state index contributed by atoms with van der Waals surface area (Å²) in [5, 5.41) is 2.70. The Hall–Kier alpha value is -2.96. The van der Waals surface area contributed by atoms with Gasteiger partial charge in [0.2, 0.25) is 5.75 Å². The Kier molecular flexibility index (Phi) is 6.05. The smallest absolute Gasteiger partial charge is 0.321 e. The number of nitrogens with one attached hydrogen (secondary N) is 1. The van der Waals surface area contributed by atoms with Crippen molar-refractivity contribution in [3.8, 4) is 17.2 Å². The summed E-state index contributed by atoms with van der Waals surface area (Å²) >= 11 is 0. The van der Waals surface area contributed by atoms with Crippen LogP contribution in [0.1, 0.15) is 5.56 Å². The highest BCUT2D eigenvalue weighted by Crippen LogP contribution is 2.40. The Morgan fingerprint density at radius 3 is 2.20 bits per heavy atom. The summed E-state index contributed by atoms with van der Waals surface area (Å²) in [5.74, 6) is 1.15. The third-order valence-corrected chi connectivity index (χ3v) is 3.64.